The zero-order chi connectivity index (χ0) is 20.6. The monoisotopic (exact) mass is 383 g/mol. The molecule has 0 bridgehead atoms. The first-order valence-electron chi connectivity index (χ1n) is 8.19. The van der Waals surface area contributed by atoms with Gasteiger partial charge < -0.3 is 24.8 Å². The Bertz CT molecular complexity index is 1000. The van der Waals surface area contributed by atoms with E-state index in [1.54, 1.807) is 24.3 Å². The lowest BCUT2D eigenvalue weighted by molar-refractivity contribution is -0.141. The highest BCUT2D eigenvalue weighted by atomic mass is 16.5. The second-order valence-corrected chi connectivity index (χ2v) is 6.13. The molecule has 0 radical (unpaired) electrons. The second kappa shape index (κ2) is 6.74. The first-order valence-corrected chi connectivity index (χ1v) is 8.19. The summed E-state index contributed by atoms with van der Waals surface area (Å²) in [6, 6.07) is 8.58. The Hall–Kier alpha value is -3.80. The van der Waals surface area contributed by atoms with E-state index in [0.717, 1.165) is 7.11 Å². The number of amides is 1. The number of hydrogen-bond donors (Lipinski definition) is 1. The Morgan fingerprint density at radius 3 is 2.57 bits per heavy atom. The number of nitriles is 1. The molecule has 3 rings (SSSR count). The van der Waals surface area contributed by atoms with Gasteiger partial charge in [0.1, 0.15) is 29.4 Å². The summed E-state index contributed by atoms with van der Waals surface area (Å²) in [6.45, 7) is 0. The van der Waals surface area contributed by atoms with Crippen LogP contribution >= 0.6 is 0 Å². The Morgan fingerprint density at radius 1 is 1.29 bits per heavy atom. The number of likely N-dealkylation sites (N-methyl/N-ethyl adjacent to an activating group) is 1. The highest BCUT2D eigenvalue weighted by Crippen LogP contribution is 2.54. The molecule has 0 fully saturated rings. The average molecular weight is 383 g/mol. The fraction of sp³-hybridized carbons (Fsp3) is 0.263. The third-order valence-corrected chi connectivity index (χ3v) is 4.84. The molecule has 0 aliphatic carbocycles. The van der Waals surface area contributed by atoms with Crippen molar-refractivity contribution in [2.45, 2.75) is 11.8 Å². The van der Waals surface area contributed by atoms with Crippen molar-refractivity contribution >= 4 is 23.5 Å². The molecule has 2 N–H and O–H groups in total. The molecule has 9 heteroatoms. The molecule has 28 heavy (non-hydrogen) atoms. The van der Waals surface area contributed by atoms with Crippen LogP contribution in [-0.4, -0.2) is 39.1 Å². The fourth-order valence-corrected chi connectivity index (χ4v) is 3.63. The third kappa shape index (κ3) is 2.35. The number of hydrogen-bond acceptors (Lipinski definition) is 8. The molecule has 1 aromatic carbocycles. The maximum absolute atomic E-state index is 13.5. The number of esters is 2. The quantitative estimate of drug-likeness (QED) is 0.751. The van der Waals surface area contributed by atoms with Gasteiger partial charge in [-0.3, -0.25) is 9.59 Å². The van der Waals surface area contributed by atoms with Gasteiger partial charge >= 0.3 is 11.9 Å². The first kappa shape index (κ1) is 19.0. The standard InChI is InChI=1S/C19H17N3O6/c1-22-12-7-5-4-6-10(12)19(18(22)25)11(9-20)16(21)28-13(8-14(23)26-2)15(19)17(24)27-3/h4-7H,8,21H2,1-3H3. The van der Waals surface area contributed by atoms with E-state index < -0.39 is 29.7 Å². The van der Waals surface area contributed by atoms with E-state index in [1.165, 1.54) is 19.1 Å². The van der Waals surface area contributed by atoms with Crippen LogP contribution in [-0.2, 0) is 34.0 Å². The maximum atomic E-state index is 13.5. The molecule has 0 saturated heterocycles. The predicted octanol–water partition coefficient (Wildman–Crippen LogP) is 0.615. The maximum Gasteiger partial charge on any atom is 0.339 e. The average Bonchev–Trinajstić information content (AvgIpc) is 2.91. The number of nitrogens with two attached hydrogens (primary N) is 1. The molecular formula is C19H17N3O6. The minimum atomic E-state index is -1.88. The van der Waals surface area contributed by atoms with Crippen LogP contribution in [0.25, 0.3) is 0 Å². The minimum absolute atomic E-state index is 0.200. The topological polar surface area (TPSA) is 132 Å². The van der Waals surface area contributed by atoms with Crippen molar-refractivity contribution in [3.63, 3.8) is 0 Å². The Labute approximate surface area is 160 Å². The summed E-state index contributed by atoms with van der Waals surface area (Å²) < 4.78 is 15.0. The summed E-state index contributed by atoms with van der Waals surface area (Å²) in [6.07, 6.45) is -0.471. The molecule has 2 heterocycles. The van der Waals surface area contributed by atoms with E-state index in [9.17, 15) is 19.6 Å². The SMILES string of the molecule is COC(=O)CC1=C(C(=O)OC)C2(C(=O)N(C)c3ccccc32)C(C#N)=C(N)O1. The van der Waals surface area contributed by atoms with Crippen LogP contribution in [0.2, 0.25) is 0 Å². The van der Waals surface area contributed by atoms with Gasteiger partial charge in [-0.15, -0.1) is 0 Å². The molecule has 1 atom stereocenters. The summed E-state index contributed by atoms with van der Waals surface area (Å²) in [7, 11) is 3.82. The molecule has 0 saturated carbocycles. The molecule has 144 valence electrons. The van der Waals surface area contributed by atoms with E-state index in [-0.39, 0.29) is 22.8 Å². The third-order valence-electron chi connectivity index (χ3n) is 4.84. The van der Waals surface area contributed by atoms with Crippen molar-refractivity contribution in [2.24, 2.45) is 5.73 Å². The van der Waals surface area contributed by atoms with Gasteiger partial charge in [0.25, 0.3) is 0 Å². The summed E-state index contributed by atoms with van der Waals surface area (Å²) >= 11 is 0. The minimum Gasteiger partial charge on any atom is -0.469 e. The van der Waals surface area contributed by atoms with Crippen molar-refractivity contribution in [1.82, 2.24) is 0 Å². The number of carbonyl (C=O) groups is 3. The molecular weight excluding hydrogens is 366 g/mol. The number of benzene rings is 1. The normalized spacial score (nSPS) is 20.6. The second-order valence-electron chi connectivity index (χ2n) is 6.13. The van der Waals surface area contributed by atoms with Gasteiger partial charge in [0.05, 0.1) is 14.2 Å². The number of para-hydroxylation sites is 1. The van der Waals surface area contributed by atoms with E-state index in [1.807, 2.05) is 6.07 Å². The number of nitrogens with zero attached hydrogens (tertiary/aromatic N) is 2. The molecule has 2 aliphatic heterocycles. The lowest BCUT2D eigenvalue weighted by atomic mass is 9.68. The number of carbonyl (C=O) groups excluding carboxylic acids is 3. The zero-order valence-electron chi connectivity index (χ0n) is 15.4. The number of fused-ring (bicyclic) bond motifs is 2. The highest BCUT2D eigenvalue weighted by Gasteiger charge is 2.61. The Kier molecular flexibility index (Phi) is 4.56. The van der Waals surface area contributed by atoms with Crippen molar-refractivity contribution in [3.8, 4) is 6.07 Å². The lowest BCUT2D eigenvalue weighted by Crippen LogP contribution is -2.48. The van der Waals surface area contributed by atoms with Crippen LogP contribution in [0.3, 0.4) is 0 Å². The molecule has 2 aliphatic rings. The Balaban J connectivity index is 2.44. The van der Waals surface area contributed by atoms with Crippen LogP contribution < -0.4 is 10.6 Å². The molecule has 0 aromatic heterocycles. The summed E-state index contributed by atoms with van der Waals surface area (Å²) in [5.74, 6) is -2.79. The molecule has 1 spiro atoms. The van der Waals surface area contributed by atoms with Crippen LogP contribution in [0.15, 0.2) is 47.1 Å². The van der Waals surface area contributed by atoms with Gasteiger partial charge in [-0.2, -0.15) is 5.26 Å². The van der Waals surface area contributed by atoms with Gasteiger partial charge in [-0.25, -0.2) is 4.79 Å². The van der Waals surface area contributed by atoms with Crippen LogP contribution in [0.5, 0.6) is 0 Å². The van der Waals surface area contributed by atoms with Crippen LogP contribution in [0.4, 0.5) is 5.69 Å². The highest BCUT2D eigenvalue weighted by molar-refractivity contribution is 6.18. The van der Waals surface area contributed by atoms with Crippen LogP contribution in [0.1, 0.15) is 12.0 Å². The van der Waals surface area contributed by atoms with E-state index in [4.69, 9.17) is 15.2 Å². The fourth-order valence-electron chi connectivity index (χ4n) is 3.63. The largest absolute Gasteiger partial charge is 0.469 e. The van der Waals surface area contributed by atoms with E-state index in [0.29, 0.717) is 11.3 Å². The molecule has 1 unspecified atom stereocenters. The molecule has 1 amide bonds. The van der Waals surface area contributed by atoms with Gasteiger partial charge in [0.15, 0.2) is 5.41 Å². The number of ether oxygens (including phenoxy) is 3. The van der Waals surface area contributed by atoms with Gasteiger partial charge in [-0.05, 0) is 6.07 Å². The van der Waals surface area contributed by atoms with Crippen molar-refractivity contribution in [1.29, 1.82) is 5.26 Å². The molecule has 1 aromatic rings. The Morgan fingerprint density at radius 2 is 1.96 bits per heavy atom. The van der Waals surface area contributed by atoms with E-state index >= 15 is 0 Å². The lowest BCUT2D eigenvalue weighted by Gasteiger charge is -2.34. The number of methoxy groups -OCH3 is 2. The predicted molar refractivity (Wildman–Crippen MR) is 95.1 cm³/mol. The summed E-state index contributed by atoms with van der Waals surface area (Å²) in [5.41, 5.74) is 4.42. The smallest absolute Gasteiger partial charge is 0.339 e. The summed E-state index contributed by atoms with van der Waals surface area (Å²) in [5, 5.41) is 9.80. The number of anilines is 1. The van der Waals surface area contributed by atoms with Crippen molar-refractivity contribution < 1.29 is 28.6 Å². The summed E-state index contributed by atoms with van der Waals surface area (Å²) in [4.78, 5) is 39.4. The van der Waals surface area contributed by atoms with Gasteiger partial charge in [0, 0.05) is 18.3 Å². The molecule has 9 nitrogen and oxygen atoms in total. The van der Waals surface area contributed by atoms with Crippen molar-refractivity contribution in [2.75, 3.05) is 26.2 Å². The first-order chi connectivity index (χ1) is 13.3. The van der Waals surface area contributed by atoms with E-state index in [2.05, 4.69) is 4.74 Å². The van der Waals surface area contributed by atoms with Crippen molar-refractivity contribution in [3.05, 3.63) is 52.6 Å². The zero-order valence-corrected chi connectivity index (χ0v) is 15.4. The van der Waals surface area contributed by atoms with Crippen LogP contribution in [0, 0.1) is 11.3 Å². The number of rotatable bonds is 3. The van der Waals surface area contributed by atoms with Gasteiger partial charge in [-0.1, -0.05) is 18.2 Å². The van der Waals surface area contributed by atoms with Gasteiger partial charge in [0.2, 0.25) is 11.8 Å².